The zero-order chi connectivity index (χ0) is 24.8. The van der Waals surface area contributed by atoms with Gasteiger partial charge in [-0.2, -0.15) is 4.98 Å². The predicted molar refractivity (Wildman–Crippen MR) is 119 cm³/mol. The first-order chi connectivity index (χ1) is 15.6. The third-order valence-electron chi connectivity index (χ3n) is 3.89. The third-order valence-corrected chi connectivity index (χ3v) is 5.09. The van der Waals surface area contributed by atoms with Gasteiger partial charge in [0.25, 0.3) is 0 Å². The van der Waals surface area contributed by atoms with Gasteiger partial charge in [-0.15, -0.1) is 11.8 Å². The van der Waals surface area contributed by atoms with Gasteiger partial charge in [0.1, 0.15) is 5.82 Å². The molecule has 2 aliphatic heterocycles. The number of carboxylic acids is 4. The Kier molecular flexibility index (Phi) is 12.0. The molecule has 2 aliphatic rings. The van der Waals surface area contributed by atoms with E-state index in [0.29, 0.717) is 30.3 Å². The van der Waals surface area contributed by atoms with Crippen LogP contribution in [-0.2, 0) is 25.6 Å². The Labute approximate surface area is 193 Å². The molecule has 0 saturated carbocycles. The highest BCUT2D eigenvalue weighted by atomic mass is 32.2. The fraction of sp³-hybridized carbons (Fsp3) is 0.368. The lowest BCUT2D eigenvalue weighted by Gasteiger charge is -2.31. The molecule has 1 saturated heterocycles. The summed E-state index contributed by atoms with van der Waals surface area (Å²) in [6, 6.07) is 0. The molecule has 0 radical (unpaired) electrons. The highest BCUT2D eigenvalue weighted by Gasteiger charge is 2.22. The molecule has 0 spiro atoms. The van der Waals surface area contributed by atoms with Crippen molar-refractivity contribution in [1.29, 1.82) is 0 Å². The highest BCUT2D eigenvalue weighted by Crippen LogP contribution is 2.36. The van der Waals surface area contributed by atoms with Crippen LogP contribution >= 0.6 is 11.8 Å². The number of aromatic nitrogens is 2. The largest absolute Gasteiger partial charge is 0.478 e. The molecule has 0 aromatic carbocycles. The van der Waals surface area contributed by atoms with Gasteiger partial charge < -0.3 is 36.4 Å². The number of carboxylic acid groups (broad SMARTS) is 4. The van der Waals surface area contributed by atoms with Crippen LogP contribution in [0.4, 0.5) is 11.8 Å². The molecule has 13 nitrogen and oxygen atoms in total. The van der Waals surface area contributed by atoms with Crippen molar-refractivity contribution in [2.24, 2.45) is 0 Å². The van der Waals surface area contributed by atoms with Crippen LogP contribution < -0.4 is 16.0 Å². The molecule has 7 N–H and O–H groups in total. The number of carbonyl (C=O) groups is 4. The number of hydrogen-bond acceptors (Lipinski definition) is 10. The van der Waals surface area contributed by atoms with Crippen molar-refractivity contribution in [3.8, 4) is 0 Å². The summed E-state index contributed by atoms with van der Waals surface area (Å²) in [5, 5.41) is 34.6. The number of nitrogen functional groups attached to an aromatic ring is 1. The lowest BCUT2D eigenvalue weighted by molar-refractivity contribution is -0.134. The van der Waals surface area contributed by atoms with Gasteiger partial charge in [0.2, 0.25) is 5.95 Å². The summed E-state index contributed by atoms with van der Waals surface area (Å²) in [6.07, 6.45) is 4.46. The normalized spacial score (nSPS) is 15.0. The SMILES string of the molecule is Nc1nc2c(c(N3CCNCC3)n1)SCCC2.O=C(O)/C=C\C(=O)O.O=C(O)/C=C\C(=O)O. The van der Waals surface area contributed by atoms with E-state index in [1.165, 1.54) is 17.1 Å². The number of nitrogens with zero attached hydrogens (tertiary/aromatic N) is 3. The Balaban J connectivity index is 0.000000288. The monoisotopic (exact) mass is 483 g/mol. The molecule has 3 heterocycles. The fourth-order valence-corrected chi connectivity index (χ4v) is 3.72. The first-order valence-corrected chi connectivity index (χ1v) is 10.6. The second kappa shape index (κ2) is 14.4. The molecule has 33 heavy (non-hydrogen) atoms. The van der Waals surface area contributed by atoms with Gasteiger partial charge in [0.05, 0.1) is 10.6 Å². The summed E-state index contributed by atoms with van der Waals surface area (Å²) in [6.45, 7) is 4.04. The topological polar surface area (TPSA) is 216 Å². The summed E-state index contributed by atoms with van der Waals surface area (Å²) >= 11 is 1.88. The molecule has 0 amide bonds. The number of rotatable bonds is 5. The van der Waals surface area contributed by atoms with Crippen molar-refractivity contribution < 1.29 is 39.6 Å². The number of anilines is 2. The Morgan fingerprint density at radius 3 is 1.82 bits per heavy atom. The van der Waals surface area contributed by atoms with Crippen molar-refractivity contribution in [2.75, 3.05) is 42.6 Å². The number of nitrogens with one attached hydrogen (secondary N) is 1. The van der Waals surface area contributed by atoms with Gasteiger partial charge in [0, 0.05) is 50.5 Å². The van der Waals surface area contributed by atoms with Crippen LogP contribution in [-0.4, -0.2) is 86.2 Å². The van der Waals surface area contributed by atoms with Crippen LogP contribution in [0.5, 0.6) is 0 Å². The maximum absolute atomic E-state index is 9.55. The lowest BCUT2D eigenvalue weighted by atomic mass is 10.2. The minimum Gasteiger partial charge on any atom is -0.478 e. The van der Waals surface area contributed by atoms with Gasteiger partial charge in [-0.05, 0) is 18.6 Å². The quantitative estimate of drug-likeness (QED) is 0.302. The first kappa shape index (κ1) is 27.4. The molecule has 1 fully saturated rings. The summed E-state index contributed by atoms with van der Waals surface area (Å²) < 4.78 is 0. The Morgan fingerprint density at radius 2 is 1.36 bits per heavy atom. The van der Waals surface area contributed by atoms with Crippen LogP contribution in [0.25, 0.3) is 0 Å². The van der Waals surface area contributed by atoms with Gasteiger partial charge in [-0.1, -0.05) is 0 Å². The molecular weight excluding hydrogens is 458 g/mol. The molecule has 0 atom stereocenters. The second-order valence-corrected chi connectivity index (χ2v) is 7.50. The average Bonchev–Trinajstić information content (AvgIpc) is 2.77. The number of thioether (sulfide) groups is 1. The van der Waals surface area contributed by atoms with Crippen LogP contribution in [0.15, 0.2) is 29.2 Å². The number of hydrogen-bond donors (Lipinski definition) is 6. The molecule has 0 unspecified atom stereocenters. The molecule has 0 aliphatic carbocycles. The number of piperazine rings is 1. The molecule has 14 heteroatoms. The smallest absolute Gasteiger partial charge is 0.328 e. The molecular formula is C19H25N5O8S. The zero-order valence-corrected chi connectivity index (χ0v) is 18.3. The van der Waals surface area contributed by atoms with Crippen LogP contribution in [0.2, 0.25) is 0 Å². The second-order valence-electron chi connectivity index (χ2n) is 6.39. The van der Waals surface area contributed by atoms with E-state index >= 15 is 0 Å². The Morgan fingerprint density at radius 1 is 0.879 bits per heavy atom. The molecule has 1 aromatic heterocycles. The van der Waals surface area contributed by atoms with Crippen LogP contribution in [0.1, 0.15) is 12.1 Å². The first-order valence-electron chi connectivity index (χ1n) is 9.62. The maximum Gasteiger partial charge on any atom is 0.328 e. The molecule has 1 aromatic rings. The van der Waals surface area contributed by atoms with Crippen molar-refractivity contribution in [2.45, 2.75) is 17.7 Å². The van der Waals surface area contributed by atoms with E-state index in [9.17, 15) is 19.2 Å². The Hall–Kier alpha value is -3.65. The maximum atomic E-state index is 9.55. The van der Waals surface area contributed by atoms with E-state index in [1.54, 1.807) is 0 Å². The summed E-state index contributed by atoms with van der Waals surface area (Å²) in [5.41, 5.74) is 6.96. The van der Waals surface area contributed by atoms with Gasteiger partial charge in [-0.25, -0.2) is 24.2 Å². The number of fused-ring (bicyclic) bond motifs is 1. The third kappa shape index (κ3) is 11.5. The highest BCUT2D eigenvalue weighted by molar-refractivity contribution is 7.99. The fourth-order valence-electron chi connectivity index (χ4n) is 2.61. The van der Waals surface area contributed by atoms with Gasteiger partial charge in [-0.3, -0.25) is 0 Å². The van der Waals surface area contributed by atoms with E-state index in [-0.39, 0.29) is 0 Å². The van der Waals surface area contributed by atoms with E-state index < -0.39 is 23.9 Å². The predicted octanol–water partition coefficient (Wildman–Crippen LogP) is -0.0697. The standard InChI is InChI=1S/C11H17N5S.2C4H4O4/c12-11-14-8-2-1-7-17-9(8)10(15-11)16-5-3-13-4-6-16;2*5-3(6)1-2-4(7)8/h13H,1-7H2,(H2,12,14,15);2*1-2H,(H,5,6)(H,7,8)/b;2*2-1-. The van der Waals surface area contributed by atoms with Crippen molar-refractivity contribution in [3.63, 3.8) is 0 Å². The summed E-state index contributed by atoms with van der Waals surface area (Å²) in [5.74, 6) is -2.39. The number of aliphatic carboxylic acids is 4. The molecule has 3 rings (SSSR count). The zero-order valence-electron chi connectivity index (χ0n) is 17.5. The summed E-state index contributed by atoms with van der Waals surface area (Å²) in [4.78, 5) is 50.6. The minimum atomic E-state index is -1.26. The average molecular weight is 484 g/mol. The molecule has 180 valence electrons. The van der Waals surface area contributed by atoms with Crippen LogP contribution in [0.3, 0.4) is 0 Å². The van der Waals surface area contributed by atoms with E-state index in [0.717, 1.165) is 44.1 Å². The van der Waals surface area contributed by atoms with Crippen LogP contribution in [0, 0.1) is 0 Å². The minimum absolute atomic E-state index is 0.416. The van der Waals surface area contributed by atoms with Crippen molar-refractivity contribution in [1.82, 2.24) is 15.3 Å². The van der Waals surface area contributed by atoms with E-state index in [2.05, 4.69) is 20.2 Å². The van der Waals surface area contributed by atoms with Gasteiger partial charge in [0.15, 0.2) is 0 Å². The number of aryl methyl sites for hydroxylation is 1. The summed E-state index contributed by atoms with van der Waals surface area (Å²) in [7, 11) is 0. The van der Waals surface area contributed by atoms with Gasteiger partial charge >= 0.3 is 23.9 Å². The number of nitrogens with two attached hydrogens (primary N) is 1. The van der Waals surface area contributed by atoms with Crippen molar-refractivity contribution >= 4 is 47.4 Å². The Bertz CT molecular complexity index is 850. The lowest BCUT2D eigenvalue weighted by Crippen LogP contribution is -2.44. The van der Waals surface area contributed by atoms with Crippen molar-refractivity contribution in [3.05, 3.63) is 30.0 Å². The van der Waals surface area contributed by atoms with E-state index in [1.807, 2.05) is 11.8 Å². The van der Waals surface area contributed by atoms with E-state index in [4.69, 9.17) is 26.2 Å². The molecule has 0 bridgehead atoms.